The lowest BCUT2D eigenvalue weighted by atomic mass is 10.0. The molecule has 1 atom stereocenters. The second kappa shape index (κ2) is 45.1. The summed E-state index contributed by atoms with van der Waals surface area (Å²) in [6, 6.07) is 0. The molecular weight excluding hydrogens is 697 g/mol. The minimum absolute atomic E-state index is 0.0894. The van der Waals surface area contributed by atoms with Gasteiger partial charge in [0, 0.05) is 19.3 Å². The monoisotopic (exact) mass is 785 g/mol. The molecule has 0 aromatic carbocycles. The van der Waals surface area contributed by atoms with Crippen molar-refractivity contribution >= 4 is 17.9 Å². The maximum Gasteiger partial charge on any atom is 0.306 e. The Hall–Kier alpha value is -2.63. The molecule has 0 aliphatic carbocycles. The maximum absolute atomic E-state index is 12.7. The summed E-state index contributed by atoms with van der Waals surface area (Å²) in [6.45, 7) is 6.52. The van der Waals surface area contributed by atoms with Crippen LogP contribution in [0.2, 0.25) is 0 Å². The predicted octanol–water partition coefficient (Wildman–Crippen LogP) is 15.1. The predicted molar refractivity (Wildman–Crippen MR) is 238 cm³/mol. The molecule has 0 aromatic rings. The SMILES string of the molecule is CCCC/C=C\CCCCCCCC(=O)OC[C@H](COC(=O)CCCCCCCCCCCCCC)OC(=O)CCCC/C=C\C/C=C\C/C=C\CCCCC. The van der Waals surface area contributed by atoms with E-state index < -0.39 is 6.10 Å². The molecule has 56 heavy (non-hydrogen) atoms. The zero-order valence-corrected chi connectivity index (χ0v) is 36.9. The lowest BCUT2D eigenvalue weighted by molar-refractivity contribution is -0.167. The van der Waals surface area contributed by atoms with Crippen LogP contribution in [0.3, 0.4) is 0 Å². The van der Waals surface area contributed by atoms with Crippen LogP contribution in [0.25, 0.3) is 0 Å². The van der Waals surface area contributed by atoms with Gasteiger partial charge in [-0.2, -0.15) is 0 Å². The molecule has 0 aromatic heterocycles. The Morgan fingerprint density at radius 3 is 1.14 bits per heavy atom. The number of hydrogen-bond acceptors (Lipinski definition) is 6. The van der Waals surface area contributed by atoms with E-state index in [-0.39, 0.29) is 37.5 Å². The highest BCUT2D eigenvalue weighted by Gasteiger charge is 2.19. The molecule has 0 radical (unpaired) electrons. The van der Waals surface area contributed by atoms with Crippen LogP contribution in [-0.2, 0) is 28.6 Å². The highest BCUT2D eigenvalue weighted by molar-refractivity contribution is 5.71. The molecule has 0 rings (SSSR count). The molecule has 0 unspecified atom stereocenters. The molecule has 0 fully saturated rings. The minimum Gasteiger partial charge on any atom is -0.462 e. The number of hydrogen-bond donors (Lipinski definition) is 0. The standard InChI is InChI=1S/C50H88O6/c1-4-7-10-13-16-19-22-24-25-26-29-32-35-38-41-44-50(53)56-47(45-54-48(51)42-39-36-33-30-27-21-18-15-12-9-6-3)46-55-49(52)43-40-37-34-31-28-23-20-17-14-11-8-5-2/h15-16,18-19,24-25,29,32,47H,4-14,17,20-23,26-28,30-31,33-46H2,1-3H3/b18-15-,19-16-,25-24-,32-29-/t47-/m1/s1. The summed E-state index contributed by atoms with van der Waals surface area (Å²) in [5.41, 5.74) is 0. The molecule has 0 aliphatic rings. The van der Waals surface area contributed by atoms with E-state index in [0.29, 0.717) is 19.3 Å². The summed E-state index contributed by atoms with van der Waals surface area (Å²) >= 11 is 0. The van der Waals surface area contributed by atoms with E-state index in [0.717, 1.165) is 70.6 Å². The van der Waals surface area contributed by atoms with Crippen LogP contribution in [0.5, 0.6) is 0 Å². The average molecular weight is 785 g/mol. The van der Waals surface area contributed by atoms with Crippen molar-refractivity contribution in [2.24, 2.45) is 0 Å². The van der Waals surface area contributed by atoms with Gasteiger partial charge in [0.1, 0.15) is 13.2 Å². The Labute approximate surface area is 346 Å². The molecule has 0 amide bonds. The largest absolute Gasteiger partial charge is 0.462 e. The van der Waals surface area contributed by atoms with Crippen molar-refractivity contribution in [3.63, 3.8) is 0 Å². The summed E-state index contributed by atoms with van der Waals surface area (Å²) < 4.78 is 16.7. The van der Waals surface area contributed by atoms with E-state index in [1.807, 2.05) is 0 Å². The fourth-order valence-corrected chi connectivity index (χ4v) is 6.43. The third kappa shape index (κ3) is 42.5. The molecule has 0 spiro atoms. The molecular formula is C50H88O6. The van der Waals surface area contributed by atoms with Crippen LogP contribution in [0.4, 0.5) is 0 Å². The van der Waals surface area contributed by atoms with Gasteiger partial charge in [-0.25, -0.2) is 0 Å². The minimum atomic E-state index is -0.791. The summed E-state index contributed by atoms with van der Waals surface area (Å²) in [5.74, 6) is -0.937. The number of unbranched alkanes of at least 4 members (excludes halogenated alkanes) is 23. The fraction of sp³-hybridized carbons (Fsp3) is 0.780. The first-order chi connectivity index (χ1) is 27.5. The van der Waals surface area contributed by atoms with E-state index in [1.165, 1.54) is 116 Å². The molecule has 0 N–H and O–H groups in total. The topological polar surface area (TPSA) is 78.9 Å². The number of carbonyl (C=O) groups excluding carboxylic acids is 3. The van der Waals surface area contributed by atoms with Gasteiger partial charge in [-0.15, -0.1) is 0 Å². The van der Waals surface area contributed by atoms with Gasteiger partial charge < -0.3 is 14.2 Å². The van der Waals surface area contributed by atoms with Crippen molar-refractivity contribution in [2.75, 3.05) is 13.2 Å². The van der Waals surface area contributed by atoms with Gasteiger partial charge in [-0.3, -0.25) is 14.4 Å². The normalized spacial score (nSPS) is 12.4. The second-order valence-corrected chi connectivity index (χ2v) is 15.7. The van der Waals surface area contributed by atoms with Crippen molar-refractivity contribution in [2.45, 2.75) is 239 Å². The van der Waals surface area contributed by atoms with Crippen molar-refractivity contribution in [3.05, 3.63) is 48.6 Å². The van der Waals surface area contributed by atoms with Gasteiger partial charge in [-0.05, 0) is 77.0 Å². The zero-order valence-electron chi connectivity index (χ0n) is 36.9. The molecule has 0 saturated heterocycles. The van der Waals surface area contributed by atoms with Gasteiger partial charge >= 0.3 is 17.9 Å². The van der Waals surface area contributed by atoms with Crippen molar-refractivity contribution in [1.29, 1.82) is 0 Å². The van der Waals surface area contributed by atoms with Crippen LogP contribution >= 0.6 is 0 Å². The average Bonchev–Trinajstić information content (AvgIpc) is 3.19. The van der Waals surface area contributed by atoms with E-state index >= 15 is 0 Å². The molecule has 0 bridgehead atoms. The molecule has 0 heterocycles. The van der Waals surface area contributed by atoms with Crippen molar-refractivity contribution < 1.29 is 28.6 Å². The Kier molecular flexibility index (Phi) is 43.0. The Morgan fingerprint density at radius 2 is 0.661 bits per heavy atom. The zero-order chi connectivity index (χ0) is 40.8. The lowest BCUT2D eigenvalue weighted by Gasteiger charge is -2.18. The Bertz CT molecular complexity index is 996. The summed E-state index contributed by atoms with van der Waals surface area (Å²) in [5, 5.41) is 0. The van der Waals surface area contributed by atoms with E-state index in [2.05, 4.69) is 69.4 Å². The van der Waals surface area contributed by atoms with Gasteiger partial charge in [-0.1, -0.05) is 185 Å². The molecule has 6 heteroatoms. The summed E-state index contributed by atoms with van der Waals surface area (Å²) in [4.78, 5) is 37.7. The summed E-state index contributed by atoms with van der Waals surface area (Å²) in [6.07, 6.45) is 52.3. The number of esters is 3. The van der Waals surface area contributed by atoms with Gasteiger partial charge in [0.2, 0.25) is 0 Å². The molecule has 0 saturated carbocycles. The van der Waals surface area contributed by atoms with Gasteiger partial charge in [0.15, 0.2) is 6.10 Å². The van der Waals surface area contributed by atoms with E-state index in [9.17, 15) is 14.4 Å². The van der Waals surface area contributed by atoms with Gasteiger partial charge in [0.05, 0.1) is 0 Å². The maximum atomic E-state index is 12.7. The third-order valence-electron chi connectivity index (χ3n) is 10.1. The number of allylic oxidation sites excluding steroid dienone is 8. The van der Waals surface area contributed by atoms with Crippen LogP contribution in [0, 0.1) is 0 Å². The quantitative estimate of drug-likeness (QED) is 0.0265. The Balaban J connectivity index is 4.45. The summed E-state index contributed by atoms with van der Waals surface area (Å²) in [7, 11) is 0. The lowest BCUT2D eigenvalue weighted by Crippen LogP contribution is -2.30. The first-order valence-corrected chi connectivity index (χ1v) is 23.6. The number of ether oxygens (including phenoxy) is 3. The molecule has 6 nitrogen and oxygen atoms in total. The highest BCUT2D eigenvalue weighted by atomic mass is 16.6. The molecule has 0 aliphatic heterocycles. The van der Waals surface area contributed by atoms with Gasteiger partial charge in [0.25, 0.3) is 0 Å². The number of carbonyl (C=O) groups is 3. The first kappa shape index (κ1) is 53.4. The van der Waals surface area contributed by atoms with Crippen LogP contribution < -0.4 is 0 Å². The second-order valence-electron chi connectivity index (χ2n) is 15.7. The first-order valence-electron chi connectivity index (χ1n) is 23.6. The van der Waals surface area contributed by atoms with Crippen LogP contribution in [0.1, 0.15) is 233 Å². The van der Waals surface area contributed by atoms with Crippen LogP contribution in [-0.4, -0.2) is 37.2 Å². The Morgan fingerprint density at radius 1 is 0.357 bits per heavy atom. The van der Waals surface area contributed by atoms with E-state index in [4.69, 9.17) is 14.2 Å². The highest BCUT2D eigenvalue weighted by Crippen LogP contribution is 2.14. The number of rotatable bonds is 42. The third-order valence-corrected chi connectivity index (χ3v) is 10.1. The van der Waals surface area contributed by atoms with Crippen LogP contribution in [0.15, 0.2) is 48.6 Å². The van der Waals surface area contributed by atoms with Crippen molar-refractivity contribution in [1.82, 2.24) is 0 Å². The van der Waals surface area contributed by atoms with E-state index in [1.54, 1.807) is 0 Å². The van der Waals surface area contributed by atoms with Crippen molar-refractivity contribution in [3.8, 4) is 0 Å². The fourth-order valence-electron chi connectivity index (χ4n) is 6.43. The smallest absolute Gasteiger partial charge is 0.306 e. The molecule has 324 valence electrons.